The standard InChI is InChI=1S/C29H39Cl2N3O4/c1-19(2)20(3)34(27(37)13-15-32-14-12-21-8-10-23(30)24(31)17-21)16-6-4-5-7-22-9-11-25(35)28-29(22)38-18-26(36)33-28/h8-11,17,19-20,32,35H,4-7,12-16,18H2,1-3H3,(H,33,36)/t20-/m1/s1. The summed E-state index contributed by atoms with van der Waals surface area (Å²) < 4.78 is 5.58. The molecule has 3 rings (SSSR count). The number of benzene rings is 2. The van der Waals surface area contributed by atoms with Crippen LogP contribution in [0.25, 0.3) is 0 Å². The van der Waals surface area contributed by atoms with Gasteiger partial charge in [0, 0.05) is 25.6 Å². The molecule has 208 valence electrons. The van der Waals surface area contributed by atoms with E-state index in [-0.39, 0.29) is 30.2 Å². The monoisotopic (exact) mass is 563 g/mol. The number of halogens is 2. The molecule has 0 aromatic heterocycles. The van der Waals surface area contributed by atoms with Crippen molar-refractivity contribution in [2.75, 3.05) is 31.6 Å². The van der Waals surface area contributed by atoms with Crippen LogP contribution >= 0.6 is 23.2 Å². The average Bonchev–Trinajstić information content (AvgIpc) is 2.88. The van der Waals surface area contributed by atoms with Crippen LogP contribution in [0.2, 0.25) is 10.0 Å². The smallest absolute Gasteiger partial charge is 0.262 e. The van der Waals surface area contributed by atoms with Gasteiger partial charge in [0.2, 0.25) is 5.91 Å². The van der Waals surface area contributed by atoms with E-state index in [0.29, 0.717) is 40.4 Å². The van der Waals surface area contributed by atoms with E-state index < -0.39 is 0 Å². The zero-order valence-electron chi connectivity index (χ0n) is 22.5. The molecular formula is C29H39Cl2N3O4. The van der Waals surface area contributed by atoms with Gasteiger partial charge in [0.25, 0.3) is 5.91 Å². The van der Waals surface area contributed by atoms with Crippen LogP contribution in [0.15, 0.2) is 30.3 Å². The topological polar surface area (TPSA) is 90.9 Å². The number of amides is 2. The summed E-state index contributed by atoms with van der Waals surface area (Å²) in [5.74, 6) is 0.845. The van der Waals surface area contributed by atoms with Crippen LogP contribution in [-0.4, -0.2) is 54.1 Å². The molecule has 1 atom stereocenters. The van der Waals surface area contributed by atoms with E-state index in [1.807, 2.05) is 23.1 Å². The zero-order chi connectivity index (χ0) is 27.7. The largest absolute Gasteiger partial charge is 0.506 e. The van der Waals surface area contributed by atoms with Crippen LogP contribution in [0.1, 0.15) is 57.6 Å². The number of aryl methyl sites for hydroxylation is 1. The summed E-state index contributed by atoms with van der Waals surface area (Å²) in [4.78, 5) is 26.7. The van der Waals surface area contributed by atoms with Crippen molar-refractivity contribution in [3.05, 3.63) is 51.5 Å². The van der Waals surface area contributed by atoms with Crippen molar-refractivity contribution in [2.45, 2.75) is 65.3 Å². The minimum Gasteiger partial charge on any atom is -0.506 e. The van der Waals surface area contributed by atoms with E-state index in [1.54, 1.807) is 12.1 Å². The first-order valence-electron chi connectivity index (χ1n) is 13.4. The summed E-state index contributed by atoms with van der Waals surface area (Å²) >= 11 is 12.1. The Balaban J connectivity index is 1.42. The number of nitrogens with one attached hydrogen (secondary N) is 2. The fraction of sp³-hybridized carbons (Fsp3) is 0.517. The van der Waals surface area contributed by atoms with E-state index in [4.69, 9.17) is 27.9 Å². The Kier molecular flexibility index (Phi) is 11.6. The SMILES string of the molecule is CC(C)[C@@H](C)N(CCCCCc1ccc(O)c2c1OCC(=O)N2)C(=O)CCNCCc1ccc(Cl)c(Cl)c1. The number of hydrogen-bond donors (Lipinski definition) is 3. The molecule has 0 radical (unpaired) electrons. The third kappa shape index (κ3) is 8.52. The molecule has 0 unspecified atom stereocenters. The Morgan fingerprint density at radius 1 is 1.08 bits per heavy atom. The van der Waals surface area contributed by atoms with Crippen LogP contribution in [0.3, 0.4) is 0 Å². The maximum absolute atomic E-state index is 13.1. The molecule has 1 aliphatic heterocycles. The van der Waals surface area contributed by atoms with Crippen LogP contribution < -0.4 is 15.4 Å². The number of ether oxygens (including phenoxy) is 1. The van der Waals surface area contributed by atoms with Gasteiger partial charge in [-0.1, -0.05) is 55.6 Å². The van der Waals surface area contributed by atoms with Gasteiger partial charge in [-0.05, 0) is 74.4 Å². The number of fused-ring (bicyclic) bond motifs is 1. The molecule has 1 heterocycles. The number of unbranched alkanes of at least 4 members (excludes halogenated alkanes) is 2. The van der Waals surface area contributed by atoms with Gasteiger partial charge in [-0.25, -0.2) is 0 Å². The lowest BCUT2D eigenvalue weighted by Crippen LogP contribution is -2.43. The maximum Gasteiger partial charge on any atom is 0.262 e. The molecular weight excluding hydrogens is 525 g/mol. The molecule has 0 saturated heterocycles. The normalized spacial score (nSPS) is 13.6. The third-order valence-corrected chi connectivity index (χ3v) is 7.78. The second-order valence-electron chi connectivity index (χ2n) is 10.2. The predicted molar refractivity (Wildman–Crippen MR) is 153 cm³/mol. The number of hydrogen-bond acceptors (Lipinski definition) is 5. The van der Waals surface area contributed by atoms with Crippen LogP contribution in [0.4, 0.5) is 5.69 Å². The van der Waals surface area contributed by atoms with Gasteiger partial charge >= 0.3 is 0 Å². The summed E-state index contributed by atoms with van der Waals surface area (Å²) in [6, 6.07) is 9.25. The van der Waals surface area contributed by atoms with Gasteiger partial charge in [-0.3, -0.25) is 9.59 Å². The number of phenolic OH excluding ortho intramolecular Hbond substituents is 1. The second kappa shape index (κ2) is 14.6. The molecule has 9 heteroatoms. The highest BCUT2D eigenvalue weighted by atomic mass is 35.5. The average molecular weight is 565 g/mol. The number of anilines is 1. The number of carbonyl (C=O) groups is 2. The number of carbonyl (C=O) groups excluding carboxylic acids is 2. The number of nitrogens with zero attached hydrogens (tertiary/aromatic N) is 1. The molecule has 0 bridgehead atoms. The van der Waals surface area contributed by atoms with Crippen LogP contribution in [0, 0.1) is 5.92 Å². The van der Waals surface area contributed by atoms with Crippen molar-refractivity contribution < 1.29 is 19.4 Å². The van der Waals surface area contributed by atoms with Crippen molar-refractivity contribution in [3.63, 3.8) is 0 Å². The fourth-order valence-electron chi connectivity index (χ4n) is 4.49. The highest BCUT2D eigenvalue weighted by molar-refractivity contribution is 6.42. The summed E-state index contributed by atoms with van der Waals surface area (Å²) in [5.41, 5.74) is 2.43. The van der Waals surface area contributed by atoms with Crippen LogP contribution in [0.5, 0.6) is 11.5 Å². The van der Waals surface area contributed by atoms with Crippen LogP contribution in [-0.2, 0) is 22.4 Å². The Morgan fingerprint density at radius 2 is 1.87 bits per heavy atom. The summed E-state index contributed by atoms with van der Waals surface area (Å²) in [5, 5.41) is 17.2. The number of aromatic hydroxyl groups is 1. The molecule has 0 aliphatic carbocycles. The zero-order valence-corrected chi connectivity index (χ0v) is 24.0. The fourth-order valence-corrected chi connectivity index (χ4v) is 4.81. The Hall–Kier alpha value is -2.48. The van der Waals surface area contributed by atoms with E-state index in [2.05, 4.69) is 31.4 Å². The van der Waals surface area contributed by atoms with Crippen molar-refractivity contribution in [2.24, 2.45) is 5.92 Å². The predicted octanol–water partition coefficient (Wildman–Crippen LogP) is 5.84. The molecule has 3 N–H and O–H groups in total. The van der Waals surface area contributed by atoms with Crippen molar-refractivity contribution in [1.82, 2.24) is 10.2 Å². The second-order valence-corrected chi connectivity index (χ2v) is 11.0. The summed E-state index contributed by atoms with van der Waals surface area (Å²) in [7, 11) is 0. The first-order chi connectivity index (χ1) is 18.2. The minimum absolute atomic E-state index is 0.0116. The summed E-state index contributed by atoms with van der Waals surface area (Å²) in [6.45, 7) is 8.48. The van der Waals surface area contributed by atoms with Gasteiger partial charge in [-0.15, -0.1) is 0 Å². The van der Waals surface area contributed by atoms with Gasteiger partial charge in [0.15, 0.2) is 12.4 Å². The molecule has 2 aromatic rings. The lowest BCUT2D eigenvalue weighted by atomic mass is 10.0. The number of phenols is 1. The molecule has 2 aromatic carbocycles. The lowest BCUT2D eigenvalue weighted by Gasteiger charge is -2.32. The number of rotatable bonds is 14. The van der Waals surface area contributed by atoms with Crippen molar-refractivity contribution in [1.29, 1.82) is 0 Å². The van der Waals surface area contributed by atoms with Gasteiger partial charge in [0.05, 0.1) is 10.0 Å². The van der Waals surface area contributed by atoms with Gasteiger partial charge < -0.3 is 25.4 Å². The Labute approximate surface area is 235 Å². The molecule has 0 spiro atoms. The Bertz CT molecular complexity index is 1110. The van der Waals surface area contributed by atoms with E-state index in [0.717, 1.165) is 56.3 Å². The molecule has 2 amide bonds. The first-order valence-corrected chi connectivity index (χ1v) is 14.1. The van der Waals surface area contributed by atoms with E-state index in [1.165, 1.54) is 0 Å². The highest BCUT2D eigenvalue weighted by Crippen LogP contribution is 2.39. The van der Waals surface area contributed by atoms with E-state index in [9.17, 15) is 14.7 Å². The van der Waals surface area contributed by atoms with Crippen molar-refractivity contribution >= 4 is 40.7 Å². The first kappa shape index (κ1) is 30.1. The van der Waals surface area contributed by atoms with Crippen molar-refractivity contribution in [3.8, 4) is 11.5 Å². The quantitative estimate of drug-likeness (QED) is 0.198. The molecule has 0 saturated carbocycles. The third-order valence-electron chi connectivity index (χ3n) is 7.04. The molecule has 1 aliphatic rings. The molecule has 0 fully saturated rings. The lowest BCUT2D eigenvalue weighted by molar-refractivity contribution is -0.134. The summed E-state index contributed by atoms with van der Waals surface area (Å²) in [6.07, 6.45) is 4.84. The maximum atomic E-state index is 13.1. The Morgan fingerprint density at radius 3 is 2.61 bits per heavy atom. The van der Waals surface area contributed by atoms with E-state index >= 15 is 0 Å². The minimum atomic E-state index is -0.268. The molecule has 38 heavy (non-hydrogen) atoms. The molecule has 7 nitrogen and oxygen atoms in total. The highest BCUT2D eigenvalue weighted by Gasteiger charge is 2.23. The van der Waals surface area contributed by atoms with Gasteiger partial charge in [0.1, 0.15) is 11.4 Å². The van der Waals surface area contributed by atoms with Gasteiger partial charge in [-0.2, -0.15) is 0 Å².